The molecule has 0 radical (unpaired) electrons. The van der Waals surface area contributed by atoms with Gasteiger partial charge in [-0.3, -0.25) is 9.89 Å². The SMILES string of the molecule is CN=C(NCc1ccon1)N1CCN(Cc2cc(OC)ccc2OC)CC1. The summed E-state index contributed by atoms with van der Waals surface area (Å²) in [5, 5.41) is 7.25. The van der Waals surface area contributed by atoms with Crippen LogP contribution in [0.4, 0.5) is 0 Å². The molecule has 0 amide bonds. The Morgan fingerprint density at radius 3 is 2.63 bits per heavy atom. The minimum atomic E-state index is 0.602. The average Bonchev–Trinajstić information content (AvgIpc) is 3.23. The zero-order chi connectivity index (χ0) is 19.1. The predicted octanol–water partition coefficient (Wildman–Crippen LogP) is 1.58. The minimum Gasteiger partial charge on any atom is -0.497 e. The largest absolute Gasteiger partial charge is 0.497 e. The molecule has 0 atom stereocenters. The summed E-state index contributed by atoms with van der Waals surface area (Å²) in [7, 11) is 5.19. The number of piperazine rings is 1. The third-order valence-corrected chi connectivity index (χ3v) is 4.68. The molecular formula is C19H27N5O3. The number of rotatable bonds is 6. The number of nitrogens with one attached hydrogen (secondary N) is 1. The average molecular weight is 373 g/mol. The van der Waals surface area contributed by atoms with E-state index in [9.17, 15) is 0 Å². The van der Waals surface area contributed by atoms with Crippen molar-refractivity contribution < 1.29 is 14.0 Å². The van der Waals surface area contributed by atoms with Gasteiger partial charge in [0, 0.05) is 51.4 Å². The Bertz CT molecular complexity index is 740. The normalized spacial score (nSPS) is 15.7. The fourth-order valence-electron chi connectivity index (χ4n) is 3.19. The smallest absolute Gasteiger partial charge is 0.194 e. The quantitative estimate of drug-likeness (QED) is 0.609. The van der Waals surface area contributed by atoms with Gasteiger partial charge in [0.15, 0.2) is 5.96 Å². The summed E-state index contributed by atoms with van der Waals surface area (Å²) in [6.07, 6.45) is 1.57. The lowest BCUT2D eigenvalue weighted by Crippen LogP contribution is -2.52. The molecule has 1 N–H and O–H groups in total. The third kappa shape index (κ3) is 4.91. The molecule has 2 aromatic rings. The third-order valence-electron chi connectivity index (χ3n) is 4.68. The van der Waals surface area contributed by atoms with Crippen molar-refractivity contribution in [2.75, 3.05) is 47.4 Å². The van der Waals surface area contributed by atoms with E-state index in [1.807, 2.05) is 24.3 Å². The van der Waals surface area contributed by atoms with Crippen molar-refractivity contribution >= 4 is 5.96 Å². The van der Waals surface area contributed by atoms with Crippen LogP contribution in [-0.4, -0.2) is 68.4 Å². The van der Waals surface area contributed by atoms with Crippen LogP contribution in [0.15, 0.2) is 40.0 Å². The van der Waals surface area contributed by atoms with Crippen LogP contribution in [-0.2, 0) is 13.1 Å². The monoisotopic (exact) mass is 373 g/mol. The molecule has 1 aromatic carbocycles. The Hall–Kier alpha value is -2.74. The van der Waals surface area contributed by atoms with Crippen molar-refractivity contribution in [2.45, 2.75) is 13.1 Å². The molecule has 2 heterocycles. The van der Waals surface area contributed by atoms with Crippen LogP contribution in [0.1, 0.15) is 11.3 Å². The minimum absolute atomic E-state index is 0.602. The standard InChI is InChI=1S/C19H27N5O3/c1-20-19(21-13-16-6-11-27-22-16)24-9-7-23(8-10-24)14-15-12-17(25-2)4-5-18(15)26-3/h4-6,11-12H,7-10,13-14H2,1-3H3,(H,20,21). The summed E-state index contributed by atoms with van der Waals surface area (Å²) in [6.45, 7) is 5.15. The summed E-state index contributed by atoms with van der Waals surface area (Å²) in [5.41, 5.74) is 2.00. The van der Waals surface area contributed by atoms with Crippen molar-refractivity contribution in [1.29, 1.82) is 0 Å². The maximum Gasteiger partial charge on any atom is 0.194 e. The van der Waals surface area contributed by atoms with Gasteiger partial charge in [-0.15, -0.1) is 0 Å². The van der Waals surface area contributed by atoms with Crippen molar-refractivity contribution in [3.05, 3.63) is 41.8 Å². The fraction of sp³-hybridized carbons (Fsp3) is 0.474. The number of benzene rings is 1. The number of hydrogen-bond donors (Lipinski definition) is 1. The number of nitrogens with zero attached hydrogens (tertiary/aromatic N) is 4. The number of aromatic nitrogens is 1. The highest BCUT2D eigenvalue weighted by Crippen LogP contribution is 2.25. The van der Waals surface area contributed by atoms with Gasteiger partial charge in [-0.25, -0.2) is 0 Å². The van der Waals surface area contributed by atoms with E-state index in [0.29, 0.717) is 6.54 Å². The molecule has 27 heavy (non-hydrogen) atoms. The number of hydrogen-bond acceptors (Lipinski definition) is 6. The first-order valence-corrected chi connectivity index (χ1v) is 9.01. The Kier molecular flexibility index (Phi) is 6.54. The van der Waals surface area contributed by atoms with Crippen LogP contribution in [0.3, 0.4) is 0 Å². The molecule has 1 aliphatic rings. The molecule has 0 bridgehead atoms. The van der Waals surface area contributed by atoms with E-state index in [1.165, 1.54) is 0 Å². The van der Waals surface area contributed by atoms with E-state index in [2.05, 4.69) is 25.3 Å². The summed E-state index contributed by atoms with van der Waals surface area (Å²) < 4.78 is 15.7. The van der Waals surface area contributed by atoms with Gasteiger partial charge in [0.2, 0.25) is 0 Å². The van der Waals surface area contributed by atoms with Gasteiger partial charge in [0.05, 0.1) is 20.8 Å². The van der Waals surface area contributed by atoms with Gasteiger partial charge in [-0.2, -0.15) is 0 Å². The molecule has 1 aliphatic heterocycles. The number of guanidine groups is 1. The summed E-state index contributed by atoms with van der Waals surface area (Å²) in [4.78, 5) is 9.07. The highest BCUT2D eigenvalue weighted by Gasteiger charge is 2.21. The number of ether oxygens (including phenoxy) is 2. The summed E-state index contributed by atoms with van der Waals surface area (Å²) in [6, 6.07) is 7.77. The van der Waals surface area contributed by atoms with Gasteiger partial charge in [-0.05, 0) is 18.2 Å². The summed E-state index contributed by atoms with van der Waals surface area (Å²) in [5.74, 6) is 2.63. The second kappa shape index (κ2) is 9.27. The van der Waals surface area contributed by atoms with Gasteiger partial charge in [0.25, 0.3) is 0 Å². The Morgan fingerprint density at radius 1 is 1.19 bits per heavy atom. The Balaban J connectivity index is 1.54. The van der Waals surface area contributed by atoms with E-state index >= 15 is 0 Å². The molecule has 1 aromatic heterocycles. The summed E-state index contributed by atoms with van der Waals surface area (Å²) >= 11 is 0. The molecule has 0 unspecified atom stereocenters. The highest BCUT2D eigenvalue weighted by molar-refractivity contribution is 5.79. The van der Waals surface area contributed by atoms with E-state index in [0.717, 1.165) is 61.4 Å². The topological polar surface area (TPSA) is 75.4 Å². The van der Waals surface area contributed by atoms with Gasteiger partial charge >= 0.3 is 0 Å². The van der Waals surface area contributed by atoms with Gasteiger partial charge < -0.3 is 24.2 Å². The van der Waals surface area contributed by atoms with Crippen LogP contribution in [0.5, 0.6) is 11.5 Å². The van der Waals surface area contributed by atoms with E-state index in [-0.39, 0.29) is 0 Å². The van der Waals surface area contributed by atoms with Crippen LogP contribution in [0, 0.1) is 0 Å². The second-order valence-electron chi connectivity index (χ2n) is 6.33. The second-order valence-corrected chi connectivity index (χ2v) is 6.33. The van der Waals surface area contributed by atoms with Gasteiger partial charge in [-0.1, -0.05) is 5.16 Å². The maximum absolute atomic E-state index is 5.50. The van der Waals surface area contributed by atoms with E-state index in [1.54, 1.807) is 27.5 Å². The van der Waals surface area contributed by atoms with E-state index in [4.69, 9.17) is 14.0 Å². The van der Waals surface area contributed by atoms with Crippen molar-refractivity contribution in [2.24, 2.45) is 4.99 Å². The molecule has 146 valence electrons. The first-order chi connectivity index (χ1) is 13.2. The van der Waals surface area contributed by atoms with Crippen LogP contribution < -0.4 is 14.8 Å². The lowest BCUT2D eigenvalue weighted by molar-refractivity contribution is 0.171. The van der Waals surface area contributed by atoms with Crippen LogP contribution in [0.2, 0.25) is 0 Å². The lowest BCUT2D eigenvalue weighted by Gasteiger charge is -2.36. The molecular weight excluding hydrogens is 346 g/mol. The molecule has 1 fully saturated rings. The molecule has 0 saturated carbocycles. The van der Waals surface area contributed by atoms with Crippen molar-refractivity contribution in [3.63, 3.8) is 0 Å². The first-order valence-electron chi connectivity index (χ1n) is 9.01. The molecule has 1 saturated heterocycles. The molecule has 8 heteroatoms. The molecule has 0 spiro atoms. The molecule has 0 aliphatic carbocycles. The van der Waals surface area contributed by atoms with Gasteiger partial charge in [0.1, 0.15) is 23.5 Å². The van der Waals surface area contributed by atoms with Crippen molar-refractivity contribution in [3.8, 4) is 11.5 Å². The Morgan fingerprint density at radius 2 is 2.00 bits per heavy atom. The predicted molar refractivity (Wildman–Crippen MR) is 103 cm³/mol. The maximum atomic E-state index is 5.50. The van der Waals surface area contributed by atoms with Crippen LogP contribution in [0.25, 0.3) is 0 Å². The first kappa shape index (κ1) is 19.0. The number of methoxy groups -OCH3 is 2. The van der Waals surface area contributed by atoms with E-state index < -0.39 is 0 Å². The van der Waals surface area contributed by atoms with Crippen LogP contribution >= 0.6 is 0 Å². The Labute approximate surface area is 159 Å². The fourth-order valence-corrected chi connectivity index (χ4v) is 3.19. The zero-order valence-electron chi connectivity index (χ0n) is 16.1. The zero-order valence-corrected chi connectivity index (χ0v) is 16.1. The lowest BCUT2D eigenvalue weighted by atomic mass is 10.1. The number of aliphatic imine (C=N–C) groups is 1. The highest BCUT2D eigenvalue weighted by atomic mass is 16.5. The molecule has 8 nitrogen and oxygen atoms in total. The molecule has 3 rings (SSSR count). The van der Waals surface area contributed by atoms with Crippen molar-refractivity contribution in [1.82, 2.24) is 20.3 Å².